The summed E-state index contributed by atoms with van der Waals surface area (Å²) >= 11 is 0. The van der Waals surface area contributed by atoms with E-state index in [2.05, 4.69) is 24.3 Å². The van der Waals surface area contributed by atoms with Crippen molar-refractivity contribution in [2.45, 2.75) is 33.6 Å². The van der Waals surface area contributed by atoms with Gasteiger partial charge in [-0.05, 0) is 49.6 Å². The van der Waals surface area contributed by atoms with Gasteiger partial charge in [-0.1, -0.05) is 44.2 Å². The average Bonchev–Trinajstić information content (AvgIpc) is 3.18. The lowest BCUT2D eigenvalue weighted by Gasteiger charge is -2.19. The highest BCUT2D eigenvalue weighted by atomic mass is 16.2. The molecule has 1 N–H and O–H groups in total. The Morgan fingerprint density at radius 2 is 1.63 bits per heavy atom. The van der Waals surface area contributed by atoms with E-state index in [-0.39, 0.29) is 11.8 Å². The van der Waals surface area contributed by atoms with Crippen LogP contribution in [0.5, 0.6) is 0 Å². The summed E-state index contributed by atoms with van der Waals surface area (Å²) in [7, 11) is 0. The van der Waals surface area contributed by atoms with Crippen molar-refractivity contribution in [3.05, 3.63) is 77.5 Å². The average molecular weight is 405 g/mol. The lowest BCUT2D eigenvalue weighted by molar-refractivity contribution is 0.0774. The van der Waals surface area contributed by atoms with E-state index < -0.39 is 0 Å². The van der Waals surface area contributed by atoms with Gasteiger partial charge in [-0.3, -0.25) is 9.59 Å². The van der Waals surface area contributed by atoms with Gasteiger partial charge in [0.2, 0.25) is 0 Å². The Kier molecular flexibility index (Phi) is 6.67. The zero-order valence-electron chi connectivity index (χ0n) is 17.9. The van der Waals surface area contributed by atoms with E-state index in [1.54, 1.807) is 21.7 Å². The zero-order chi connectivity index (χ0) is 21.7. The van der Waals surface area contributed by atoms with E-state index in [1.165, 1.54) is 11.8 Å². The molecule has 0 aliphatic heterocycles. The highest BCUT2D eigenvalue weighted by Crippen LogP contribution is 2.23. The van der Waals surface area contributed by atoms with Gasteiger partial charge in [0, 0.05) is 18.7 Å². The number of carbonyl (C=O) groups excluding carboxylic acids is 2. The molecule has 0 aliphatic rings. The largest absolute Gasteiger partial charge is 0.339 e. The van der Waals surface area contributed by atoms with E-state index in [9.17, 15) is 9.59 Å². The summed E-state index contributed by atoms with van der Waals surface area (Å²) in [5.41, 5.74) is 2.83. The fourth-order valence-corrected chi connectivity index (χ4v) is 3.27. The molecule has 0 radical (unpaired) electrons. The highest BCUT2D eigenvalue weighted by Gasteiger charge is 2.23. The molecule has 30 heavy (non-hydrogen) atoms. The molecule has 0 saturated heterocycles. The van der Waals surface area contributed by atoms with Gasteiger partial charge in [0.1, 0.15) is 11.4 Å². The number of benzene rings is 2. The van der Waals surface area contributed by atoms with Gasteiger partial charge in [0.15, 0.2) is 0 Å². The zero-order valence-corrected chi connectivity index (χ0v) is 17.9. The van der Waals surface area contributed by atoms with Gasteiger partial charge in [-0.15, -0.1) is 0 Å². The maximum Gasteiger partial charge on any atom is 0.259 e. The van der Waals surface area contributed by atoms with Crippen LogP contribution in [0, 0.1) is 0 Å². The van der Waals surface area contributed by atoms with Crippen LogP contribution in [0.25, 0.3) is 5.69 Å². The molecule has 1 aromatic heterocycles. The minimum Gasteiger partial charge on any atom is -0.339 e. The summed E-state index contributed by atoms with van der Waals surface area (Å²) in [4.78, 5) is 27.7. The molecule has 0 atom stereocenters. The molecule has 0 saturated carbocycles. The molecular formula is C24H28N4O2. The van der Waals surface area contributed by atoms with Crippen LogP contribution in [0.2, 0.25) is 0 Å². The normalized spacial score (nSPS) is 10.8. The van der Waals surface area contributed by atoms with E-state index in [4.69, 9.17) is 0 Å². The first kappa shape index (κ1) is 21.3. The maximum absolute atomic E-state index is 13.0. The SMILES string of the molecule is CCN(CC)C(=O)c1cnn(-c2ccccc2)c1NC(=O)c1ccc(C(C)C)cc1. The van der Waals surface area contributed by atoms with Crippen LogP contribution in [0.4, 0.5) is 5.82 Å². The van der Waals surface area contributed by atoms with Crippen molar-refractivity contribution < 1.29 is 9.59 Å². The molecule has 0 bridgehead atoms. The van der Waals surface area contributed by atoms with Crippen LogP contribution in [0.1, 0.15) is 59.9 Å². The van der Waals surface area contributed by atoms with Crippen molar-refractivity contribution in [3.63, 3.8) is 0 Å². The van der Waals surface area contributed by atoms with Gasteiger partial charge in [-0.25, -0.2) is 4.68 Å². The Morgan fingerprint density at radius 3 is 2.20 bits per heavy atom. The summed E-state index contributed by atoms with van der Waals surface area (Å²) < 4.78 is 1.59. The maximum atomic E-state index is 13.0. The first-order valence-electron chi connectivity index (χ1n) is 10.3. The van der Waals surface area contributed by atoms with E-state index in [0.717, 1.165) is 5.69 Å². The van der Waals surface area contributed by atoms with Crippen LogP contribution in [-0.2, 0) is 0 Å². The third kappa shape index (κ3) is 4.43. The Balaban J connectivity index is 1.99. The van der Waals surface area contributed by atoms with Crippen molar-refractivity contribution in [1.82, 2.24) is 14.7 Å². The third-order valence-corrected chi connectivity index (χ3v) is 5.12. The highest BCUT2D eigenvalue weighted by molar-refractivity contribution is 6.08. The van der Waals surface area contributed by atoms with E-state index >= 15 is 0 Å². The van der Waals surface area contributed by atoms with Gasteiger partial charge < -0.3 is 10.2 Å². The second-order valence-corrected chi connectivity index (χ2v) is 7.36. The number of anilines is 1. The first-order valence-corrected chi connectivity index (χ1v) is 10.3. The van der Waals surface area contributed by atoms with E-state index in [0.29, 0.717) is 36.0 Å². The number of aromatic nitrogens is 2. The predicted molar refractivity (Wildman–Crippen MR) is 119 cm³/mol. The molecule has 1 heterocycles. The van der Waals surface area contributed by atoms with Crippen molar-refractivity contribution in [1.29, 1.82) is 0 Å². The van der Waals surface area contributed by atoms with Crippen molar-refractivity contribution in [2.75, 3.05) is 18.4 Å². The molecule has 0 aliphatic carbocycles. The number of rotatable bonds is 7. The topological polar surface area (TPSA) is 67.2 Å². The van der Waals surface area contributed by atoms with Gasteiger partial charge in [-0.2, -0.15) is 5.10 Å². The molecule has 0 fully saturated rings. The number of amides is 2. The van der Waals surface area contributed by atoms with Crippen LogP contribution >= 0.6 is 0 Å². The summed E-state index contributed by atoms with van der Waals surface area (Å²) in [5, 5.41) is 7.32. The van der Waals surface area contributed by atoms with Crippen molar-refractivity contribution in [3.8, 4) is 5.69 Å². The molecule has 2 aromatic carbocycles. The predicted octanol–water partition coefficient (Wildman–Crippen LogP) is 4.73. The Bertz CT molecular complexity index is 1000. The lowest BCUT2D eigenvalue weighted by atomic mass is 10.0. The quantitative estimate of drug-likeness (QED) is 0.619. The molecule has 6 heteroatoms. The molecule has 0 spiro atoms. The first-order chi connectivity index (χ1) is 14.5. The van der Waals surface area contributed by atoms with Gasteiger partial charge >= 0.3 is 0 Å². The minimum atomic E-state index is -0.281. The van der Waals surface area contributed by atoms with E-state index in [1.807, 2.05) is 56.3 Å². The van der Waals surface area contributed by atoms with Crippen LogP contribution in [0.3, 0.4) is 0 Å². The summed E-state index contributed by atoms with van der Waals surface area (Å²) in [5.74, 6) is 0.320. The molecule has 156 valence electrons. The number of hydrogen-bond donors (Lipinski definition) is 1. The second-order valence-electron chi connectivity index (χ2n) is 7.36. The lowest BCUT2D eigenvalue weighted by Crippen LogP contribution is -2.31. The van der Waals surface area contributed by atoms with Gasteiger partial charge in [0.05, 0.1) is 11.9 Å². The van der Waals surface area contributed by atoms with Crippen molar-refractivity contribution in [2.24, 2.45) is 0 Å². The Morgan fingerprint density at radius 1 is 1.00 bits per heavy atom. The number of hydrogen-bond acceptors (Lipinski definition) is 3. The number of carbonyl (C=O) groups is 2. The number of nitrogens with one attached hydrogen (secondary N) is 1. The summed E-state index contributed by atoms with van der Waals surface area (Å²) in [6.07, 6.45) is 1.52. The van der Waals surface area contributed by atoms with Crippen molar-refractivity contribution >= 4 is 17.6 Å². The molecule has 0 unspecified atom stereocenters. The summed E-state index contributed by atoms with van der Waals surface area (Å²) in [6.45, 7) is 9.23. The molecule has 2 amide bonds. The fourth-order valence-electron chi connectivity index (χ4n) is 3.27. The Labute approximate surface area is 177 Å². The minimum absolute atomic E-state index is 0.160. The number of nitrogens with zero attached hydrogens (tertiary/aromatic N) is 3. The fraction of sp³-hybridized carbons (Fsp3) is 0.292. The smallest absolute Gasteiger partial charge is 0.259 e. The molecule has 3 aromatic rings. The number of para-hydroxylation sites is 1. The molecule has 6 nitrogen and oxygen atoms in total. The van der Waals surface area contributed by atoms with Crippen LogP contribution in [0.15, 0.2) is 60.8 Å². The monoisotopic (exact) mass is 404 g/mol. The van der Waals surface area contributed by atoms with Gasteiger partial charge in [0.25, 0.3) is 11.8 Å². The third-order valence-electron chi connectivity index (χ3n) is 5.12. The van der Waals surface area contributed by atoms with Crippen LogP contribution < -0.4 is 5.32 Å². The van der Waals surface area contributed by atoms with Crippen LogP contribution in [-0.4, -0.2) is 39.6 Å². The molecule has 3 rings (SSSR count). The standard InChI is InChI=1S/C24H28N4O2/c1-5-27(6-2)24(30)21-16-25-28(20-10-8-7-9-11-20)22(21)26-23(29)19-14-12-18(13-15-19)17(3)4/h7-17H,5-6H2,1-4H3,(H,26,29). The second kappa shape index (κ2) is 9.39. The summed E-state index contributed by atoms with van der Waals surface area (Å²) in [6, 6.07) is 17.0. The Hall–Kier alpha value is -3.41. The molecular weight excluding hydrogens is 376 g/mol.